The molecule has 0 aliphatic heterocycles. The quantitative estimate of drug-likeness (QED) is 0.218. The Morgan fingerprint density at radius 2 is 1.40 bits per heavy atom. The van der Waals surface area contributed by atoms with Gasteiger partial charge in [0.25, 0.3) is 0 Å². The van der Waals surface area contributed by atoms with E-state index in [2.05, 4.69) is 0 Å². The molecule has 1 aromatic rings. The number of esters is 3. The Bertz CT molecular complexity index is 986. The maximum atomic E-state index is 12.5. The van der Waals surface area contributed by atoms with E-state index in [4.69, 9.17) is 29.4 Å². The molecule has 4 atom stereocenters. The predicted octanol–water partition coefficient (Wildman–Crippen LogP) is 5.37. The van der Waals surface area contributed by atoms with E-state index in [0.29, 0.717) is 5.56 Å². The summed E-state index contributed by atoms with van der Waals surface area (Å²) in [4.78, 5) is 49.2. The molecule has 0 radical (unpaired) electrons. The Labute approximate surface area is 238 Å². The molecule has 0 aliphatic rings. The van der Waals surface area contributed by atoms with Crippen LogP contribution in [0.5, 0.6) is 11.5 Å². The Kier molecular flexibility index (Phi) is 14.7. The summed E-state index contributed by atoms with van der Waals surface area (Å²) in [6.45, 7) is 15.2. The van der Waals surface area contributed by atoms with Crippen molar-refractivity contribution in [1.29, 1.82) is 0 Å². The van der Waals surface area contributed by atoms with Crippen molar-refractivity contribution in [2.45, 2.75) is 99.6 Å². The normalized spacial score (nSPS) is 14.3. The van der Waals surface area contributed by atoms with Crippen LogP contribution in [0, 0.1) is 17.3 Å². The maximum absolute atomic E-state index is 12.5. The zero-order chi connectivity index (χ0) is 30.5. The molecule has 0 saturated carbocycles. The van der Waals surface area contributed by atoms with Crippen LogP contribution in [-0.2, 0) is 35.0 Å². The number of hydrogen-bond acceptors (Lipinski definition) is 10. The van der Waals surface area contributed by atoms with Crippen molar-refractivity contribution in [3.63, 3.8) is 0 Å². The van der Waals surface area contributed by atoms with Gasteiger partial charge in [-0.05, 0) is 48.3 Å². The number of benzene rings is 1. The van der Waals surface area contributed by atoms with E-state index < -0.39 is 36.2 Å². The van der Waals surface area contributed by atoms with Gasteiger partial charge in [-0.1, -0.05) is 67.4 Å². The summed E-state index contributed by atoms with van der Waals surface area (Å²) in [7, 11) is 0. The molecule has 0 saturated heterocycles. The Balaban J connectivity index is 2.85. The molecule has 0 aromatic heterocycles. The van der Waals surface area contributed by atoms with Crippen LogP contribution in [0.3, 0.4) is 0 Å². The summed E-state index contributed by atoms with van der Waals surface area (Å²) in [5, 5.41) is 0. The second-order valence-electron chi connectivity index (χ2n) is 11.6. The first kappa shape index (κ1) is 34.9. The van der Waals surface area contributed by atoms with E-state index in [1.807, 2.05) is 48.5 Å². The molecule has 1 aromatic carbocycles. The molecule has 10 nitrogen and oxygen atoms in total. The van der Waals surface area contributed by atoms with Gasteiger partial charge in [0.2, 0.25) is 0 Å². The third-order valence-electron chi connectivity index (χ3n) is 6.01. The fourth-order valence-corrected chi connectivity index (χ4v) is 3.19. The molecular weight excluding hydrogens is 518 g/mol. The largest absolute Gasteiger partial charge is 0.508 e. The molecule has 0 bridgehead atoms. The van der Waals surface area contributed by atoms with E-state index in [9.17, 15) is 19.2 Å². The molecule has 0 fully saturated rings. The molecular formula is C30H47NO9. The zero-order valence-corrected chi connectivity index (χ0v) is 25.2. The molecule has 0 amide bonds. The number of rotatable bonds is 15. The molecule has 10 heteroatoms. The Morgan fingerprint density at radius 3 is 1.93 bits per heavy atom. The van der Waals surface area contributed by atoms with Gasteiger partial charge in [0.1, 0.15) is 18.8 Å². The molecule has 2 N–H and O–H groups in total. The highest BCUT2D eigenvalue weighted by molar-refractivity contribution is 5.77. The summed E-state index contributed by atoms with van der Waals surface area (Å²) in [6, 6.07) is 3.65. The van der Waals surface area contributed by atoms with Crippen LogP contribution in [0.25, 0.3) is 0 Å². The fourth-order valence-electron chi connectivity index (χ4n) is 3.19. The first-order valence-electron chi connectivity index (χ1n) is 13.9. The smallest absolute Gasteiger partial charge is 0.458 e. The van der Waals surface area contributed by atoms with Crippen molar-refractivity contribution in [3.05, 3.63) is 23.8 Å². The van der Waals surface area contributed by atoms with Crippen LogP contribution >= 0.6 is 0 Å². The highest BCUT2D eigenvalue weighted by Crippen LogP contribution is 2.30. The van der Waals surface area contributed by atoms with Gasteiger partial charge in [-0.25, -0.2) is 4.79 Å². The van der Waals surface area contributed by atoms with Crippen molar-refractivity contribution < 1.29 is 42.9 Å². The zero-order valence-electron chi connectivity index (χ0n) is 25.2. The average molecular weight is 566 g/mol. The number of carbonyl (C=O) groups is 4. The van der Waals surface area contributed by atoms with Crippen LogP contribution < -0.4 is 15.2 Å². The van der Waals surface area contributed by atoms with Crippen LogP contribution in [0.15, 0.2) is 18.2 Å². The maximum Gasteiger partial charge on any atom is 0.508 e. The molecule has 2 unspecified atom stereocenters. The van der Waals surface area contributed by atoms with Gasteiger partial charge in [0.15, 0.2) is 11.5 Å². The van der Waals surface area contributed by atoms with Crippen molar-refractivity contribution in [3.8, 4) is 11.5 Å². The number of hydrogen-bond donors (Lipinski definition) is 1. The van der Waals surface area contributed by atoms with Gasteiger partial charge < -0.3 is 29.4 Å². The van der Waals surface area contributed by atoms with Crippen molar-refractivity contribution in [1.82, 2.24) is 0 Å². The molecule has 0 aliphatic carbocycles. The van der Waals surface area contributed by atoms with Gasteiger partial charge in [-0.2, -0.15) is 0 Å². The monoisotopic (exact) mass is 565 g/mol. The summed E-state index contributed by atoms with van der Waals surface area (Å²) in [6.07, 6.45) is 0.543. The first-order chi connectivity index (χ1) is 18.6. The minimum atomic E-state index is -1.04. The van der Waals surface area contributed by atoms with E-state index in [0.717, 1.165) is 12.8 Å². The highest BCUT2D eigenvalue weighted by Gasteiger charge is 2.23. The predicted molar refractivity (Wildman–Crippen MR) is 150 cm³/mol. The number of ether oxygens (including phenoxy) is 5. The summed E-state index contributed by atoms with van der Waals surface area (Å²) in [5.74, 6) is -1.10. The topological polar surface area (TPSA) is 140 Å². The van der Waals surface area contributed by atoms with Crippen molar-refractivity contribution in [2.24, 2.45) is 23.0 Å². The number of carbonyl (C=O) groups excluding carboxylic acids is 4. The summed E-state index contributed by atoms with van der Waals surface area (Å²) >= 11 is 0. The second-order valence-corrected chi connectivity index (χ2v) is 11.6. The summed E-state index contributed by atoms with van der Waals surface area (Å²) < 4.78 is 26.4. The highest BCUT2D eigenvalue weighted by atomic mass is 16.7. The van der Waals surface area contributed by atoms with Gasteiger partial charge in [0.05, 0.1) is 6.61 Å². The lowest BCUT2D eigenvalue weighted by atomic mass is 9.99. The SMILES string of the molecule is CCC(C)CC(=O)Oc1ccc(C[C@H](N)C(=O)O[C@@H](C)COC(=O)OCC(C)(C)C)cc1OC(=O)CC(C)CC. The molecule has 40 heavy (non-hydrogen) atoms. The second kappa shape index (κ2) is 16.8. The summed E-state index contributed by atoms with van der Waals surface area (Å²) in [5.41, 5.74) is 6.44. The van der Waals surface area contributed by atoms with Gasteiger partial charge in [-0.15, -0.1) is 0 Å². The molecule has 0 heterocycles. The standard InChI is InChI=1S/C30H47NO9/c1-9-19(3)13-26(32)39-24-12-11-22(16-25(24)40-27(33)14-20(4)10-2)15-23(31)28(34)38-21(5)17-36-29(35)37-18-30(6,7)8/h11-12,16,19-21,23H,9-10,13-15,17-18,31H2,1-8H3/t19?,20?,21-,23-/m0/s1. The van der Waals surface area contributed by atoms with Gasteiger partial charge in [0, 0.05) is 12.8 Å². The third kappa shape index (κ3) is 14.3. The van der Waals surface area contributed by atoms with Crippen LogP contribution in [0.4, 0.5) is 4.79 Å². The molecule has 1 rings (SSSR count). The van der Waals surface area contributed by atoms with Gasteiger partial charge in [-0.3, -0.25) is 14.4 Å². The number of nitrogens with two attached hydrogens (primary N) is 1. The minimum Gasteiger partial charge on any atom is -0.458 e. The lowest BCUT2D eigenvalue weighted by Crippen LogP contribution is -2.37. The van der Waals surface area contributed by atoms with Crippen molar-refractivity contribution in [2.75, 3.05) is 13.2 Å². The van der Waals surface area contributed by atoms with Crippen molar-refractivity contribution >= 4 is 24.1 Å². The Morgan fingerprint density at radius 1 is 0.850 bits per heavy atom. The van der Waals surface area contributed by atoms with E-state index in [1.54, 1.807) is 13.0 Å². The lowest BCUT2D eigenvalue weighted by molar-refractivity contribution is -0.152. The molecule has 0 spiro atoms. The van der Waals surface area contributed by atoms with Crippen LogP contribution in [-0.4, -0.2) is 49.4 Å². The van der Waals surface area contributed by atoms with Crippen LogP contribution in [0.2, 0.25) is 0 Å². The van der Waals surface area contributed by atoms with E-state index in [-0.39, 0.29) is 61.2 Å². The lowest BCUT2D eigenvalue weighted by Gasteiger charge is -2.19. The fraction of sp³-hybridized carbons (Fsp3) is 0.667. The van der Waals surface area contributed by atoms with Gasteiger partial charge >= 0.3 is 24.1 Å². The van der Waals surface area contributed by atoms with E-state index >= 15 is 0 Å². The molecule has 226 valence electrons. The third-order valence-corrected chi connectivity index (χ3v) is 6.01. The van der Waals surface area contributed by atoms with E-state index in [1.165, 1.54) is 12.1 Å². The first-order valence-corrected chi connectivity index (χ1v) is 13.9. The van der Waals surface area contributed by atoms with Crippen LogP contribution in [0.1, 0.15) is 86.6 Å². The average Bonchev–Trinajstić information content (AvgIpc) is 2.86. The Hall–Kier alpha value is -3.14. The minimum absolute atomic E-state index is 0.0665.